The van der Waals surface area contributed by atoms with Crippen molar-refractivity contribution in [3.05, 3.63) is 28.2 Å². The minimum absolute atomic E-state index is 0.281. The van der Waals surface area contributed by atoms with Crippen LogP contribution < -0.4 is 4.72 Å². The third-order valence-corrected chi connectivity index (χ3v) is 4.44. The van der Waals surface area contributed by atoms with Gasteiger partial charge in [0.1, 0.15) is 23.1 Å². The maximum absolute atomic E-state index is 13.5. The first-order valence-electron chi connectivity index (χ1n) is 5.24. The molecule has 0 spiro atoms. The Labute approximate surface area is 121 Å². The predicted molar refractivity (Wildman–Crippen MR) is 66.1 cm³/mol. The topological polar surface area (TPSA) is 55.4 Å². The Bertz CT molecular complexity index is 545. The Morgan fingerprint density at radius 3 is 2.50 bits per heavy atom. The third kappa shape index (κ3) is 5.00. The SMILES string of the molecule is O=S(=O)(NCCOCC(F)F)c1c(F)cc(F)cc1Br. The van der Waals surface area contributed by atoms with Crippen molar-refractivity contribution in [1.29, 1.82) is 0 Å². The lowest BCUT2D eigenvalue weighted by Gasteiger charge is -2.10. The fraction of sp³-hybridized carbons (Fsp3) is 0.400. The van der Waals surface area contributed by atoms with Crippen molar-refractivity contribution in [2.24, 2.45) is 0 Å². The molecule has 0 aliphatic rings. The van der Waals surface area contributed by atoms with Gasteiger partial charge in [0.25, 0.3) is 6.43 Å². The van der Waals surface area contributed by atoms with Crippen molar-refractivity contribution in [1.82, 2.24) is 4.72 Å². The van der Waals surface area contributed by atoms with Crippen molar-refractivity contribution in [2.45, 2.75) is 11.3 Å². The summed E-state index contributed by atoms with van der Waals surface area (Å²) in [6.07, 6.45) is -2.66. The van der Waals surface area contributed by atoms with Crippen molar-refractivity contribution in [3.8, 4) is 0 Å². The fourth-order valence-electron chi connectivity index (χ4n) is 1.28. The van der Waals surface area contributed by atoms with E-state index in [9.17, 15) is 26.0 Å². The maximum Gasteiger partial charge on any atom is 0.261 e. The van der Waals surface area contributed by atoms with Crippen LogP contribution in [0.15, 0.2) is 21.5 Å². The van der Waals surface area contributed by atoms with E-state index in [1.807, 2.05) is 4.72 Å². The summed E-state index contributed by atoms with van der Waals surface area (Å²) in [5.74, 6) is -2.20. The molecule has 20 heavy (non-hydrogen) atoms. The number of alkyl halides is 2. The monoisotopic (exact) mass is 379 g/mol. The Morgan fingerprint density at radius 2 is 1.95 bits per heavy atom. The van der Waals surface area contributed by atoms with E-state index in [2.05, 4.69) is 20.7 Å². The van der Waals surface area contributed by atoms with Crippen LogP contribution in [-0.4, -0.2) is 34.6 Å². The van der Waals surface area contributed by atoms with Gasteiger partial charge in [-0.15, -0.1) is 0 Å². The van der Waals surface area contributed by atoms with E-state index in [0.717, 1.165) is 6.07 Å². The zero-order chi connectivity index (χ0) is 15.3. The zero-order valence-electron chi connectivity index (χ0n) is 9.88. The number of ether oxygens (including phenoxy) is 1. The molecule has 0 bridgehead atoms. The summed E-state index contributed by atoms with van der Waals surface area (Å²) in [7, 11) is -4.25. The van der Waals surface area contributed by atoms with Crippen molar-refractivity contribution in [2.75, 3.05) is 19.8 Å². The molecule has 0 unspecified atom stereocenters. The highest BCUT2D eigenvalue weighted by Gasteiger charge is 2.23. The summed E-state index contributed by atoms with van der Waals surface area (Å²) < 4.78 is 79.5. The van der Waals surface area contributed by atoms with Gasteiger partial charge in [-0.3, -0.25) is 0 Å². The van der Waals surface area contributed by atoms with Gasteiger partial charge >= 0.3 is 0 Å². The zero-order valence-corrected chi connectivity index (χ0v) is 12.3. The lowest BCUT2D eigenvalue weighted by Crippen LogP contribution is -2.29. The summed E-state index contributed by atoms with van der Waals surface area (Å²) in [6, 6.07) is 1.22. The van der Waals surface area contributed by atoms with Crippen molar-refractivity contribution < 1.29 is 30.7 Å². The molecule has 0 fully saturated rings. The van der Waals surface area contributed by atoms with Crippen LogP contribution >= 0.6 is 15.9 Å². The van der Waals surface area contributed by atoms with Gasteiger partial charge in [0, 0.05) is 17.1 Å². The highest BCUT2D eigenvalue weighted by atomic mass is 79.9. The molecular weight excluding hydrogens is 370 g/mol. The second-order valence-electron chi connectivity index (χ2n) is 3.56. The molecule has 1 aromatic carbocycles. The first kappa shape index (κ1) is 17.3. The largest absolute Gasteiger partial charge is 0.374 e. The predicted octanol–water partition coefficient (Wildman–Crippen LogP) is 2.29. The van der Waals surface area contributed by atoms with Gasteiger partial charge in [0.05, 0.1) is 6.61 Å². The molecular formula is C10H10BrF4NO3S. The van der Waals surface area contributed by atoms with Crippen molar-refractivity contribution >= 4 is 26.0 Å². The molecule has 114 valence electrons. The number of hydrogen-bond donors (Lipinski definition) is 1. The molecule has 0 amide bonds. The second kappa shape index (κ2) is 7.34. The molecule has 0 heterocycles. The van der Waals surface area contributed by atoms with Gasteiger partial charge in [0.2, 0.25) is 10.0 Å². The minimum Gasteiger partial charge on any atom is -0.374 e. The van der Waals surface area contributed by atoms with Crippen LogP contribution in [0.1, 0.15) is 0 Å². The Kier molecular flexibility index (Phi) is 6.37. The van der Waals surface area contributed by atoms with E-state index >= 15 is 0 Å². The van der Waals surface area contributed by atoms with Gasteiger partial charge in [-0.2, -0.15) is 0 Å². The number of hydrogen-bond acceptors (Lipinski definition) is 3. The standard InChI is InChI=1S/C10H10BrF4NO3S/c11-7-3-6(12)4-8(13)10(7)20(17,18)16-1-2-19-5-9(14)15/h3-4,9,16H,1-2,5H2. The molecule has 1 N–H and O–H groups in total. The van der Waals surface area contributed by atoms with Crippen LogP contribution in [0.4, 0.5) is 17.6 Å². The van der Waals surface area contributed by atoms with E-state index in [4.69, 9.17) is 0 Å². The Balaban J connectivity index is 2.70. The molecule has 0 saturated carbocycles. The van der Waals surface area contributed by atoms with Crippen LogP contribution in [0.5, 0.6) is 0 Å². The lowest BCUT2D eigenvalue weighted by molar-refractivity contribution is 0.0199. The average Bonchev–Trinajstić information content (AvgIpc) is 2.25. The first-order valence-corrected chi connectivity index (χ1v) is 7.51. The number of benzene rings is 1. The van der Waals surface area contributed by atoms with Gasteiger partial charge in [0.15, 0.2) is 0 Å². The summed E-state index contributed by atoms with van der Waals surface area (Å²) in [4.78, 5) is -0.757. The third-order valence-electron chi connectivity index (χ3n) is 2.01. The summed E-state index contributed by atoms with van der Waals surface area (Å²) >= 11 is 2.75. The number of nitrogens with one attached hydrogen (secondary N) is 1. The van der Waals surface area contributed by atoms with Crippen LogP contribution in [0.25, 0.3) is 0 Å². The molecule has 0 aromatic heterocycles. The minimum atomic E-state index is -4.25. The molecule has 0 saturated heterocycles. The number of rotatable bonds is 7. The molecule has 0 aliphatic heterocycles. The van der Waals surface area contributed by atoms with Crippen LogP contribution in [0.3, 0.4) is 0 Å². The maximum atomic E-state index is 13.5. The Hall–Kier alpha value is -0.710. The van der Waals surface area contributed by atoms with Gasteiger partial charge in [-0.1, -0.05) is 0 Å². The molecule has 4 nitrogen and oxygen atoms in total. The van der Waals surface area contributed by atoms with E-state index in [-0.39, 0.29) is 17.6 Å². The van der Waals surface area contributed by atoms with Gasteiger partial charge in [-0.25, -0.2) is 30.7 Å². The highest BCUT2D eigenvalue weighted by molar-refractivity contribution is 9.10. The molecule has 0 atom stereocenters. The average molecular weight is 380 g/mol. The first-order chi connectivity index (χ1) is 9.24. The highest BCUT2D eigenvalue weighted by Crippen LogP contribution is 2.25. The van der Waals surface area contributed by atoms with E-state index in [0.29, 0.717) is 6.07 Å². The smallest absolute Gasteiger partial charge is 0.261 e. The summed E-state index contributed by atoms with van der Waals surface area (Å²) in [5.41, 5.74) is 0. The number of sulfonamides is 1. The van der Waals surface area contributed by atoms with Crippen LogP contribution in [0, 0.1) is 11.6 Å². The molecule has 1 aromatic rings. The summed E-state index contributed by atoms with van der Waals surface area (Å²) in [6.45, 7) is -1.45. The fourth-order valence-corrected chi connectivity index (χ4v) is 3.45. The van der Waals surface area contributed by atoms with Gasteiger partial charge < -0.3 is 4.74 Å². The Morgan fingerprint density at radius 1 is 1.30 bits per heavy atom. The normalized spacial score (nSPS) is 12.1. The second-order valence-corrected chi connectivity index (χ2v) is 6.12. The molecule has 1 rings (SSSR count). The van der Waals surface area contributed by atoms with Crippen LogP contribution in [0.2, 0.25) is 0 Å². The molecule has 0 aliphatic carbocycles. The van der Waals surface area contributed by atoms with Crippen LogP contribution in [-0.2, 0) is 14.8 Å². The lowest BCUT2D eigenvalue weighted by atomic mass is 10.3. The van der Waals surface area contributed by atoms with E-state index < -0.39 is 39.6 Å². The molecule has 10 heteroatoms. The molecule has 0 radical (unpaired) electrons. The van der Waals surface area contributed by atoms with E-state index in [1.165, 1.54) is 0 Å². The summed E-state index contributed by atoms with van der Waals surface area (Å²) in [5, 5.41) is 0. The van der Waals surface area contributed by atoms with Gasteiger partial charge in [-0.05, 0) is 22.0 Å². The van der Waals surface area contributed by atoms with E-state index in [1.54, 1.807) is 0 Å². The van der Waals surface area contributed by atoms with Crippen molar-refractivity contribution in [3.63, 3.8) is 0 Å². The number of halogens is 5. The quantitative estimate of drug-likeness (QED) is 0.584.